The number of rotatable bonds is 4. The number of carboxylic acid groups (broad SMARTS) is 2. The summed E-state index contributed by atoms with van der Waals surface area (Å²) in [6.07, 6.45) is 1.32. The summed E-state index contributed by atoms with van der Waals surface area (Å²) in [6.45, 7) is 0.189. The fourth-order valence-electron chi connectivity index (χ4n) is 2.43. The highest BCUT2D eigenvalue weighted by molar-refractivity contribution is 6.22. The third-order valence-electron chi connectivity index (χ3n) is 3.38. The number of hydrogen-bond donors (Lipinski definition) is 3. The van der Waals surface area contributed by atoms with Gasteiger partial charge in [0.2, 0.25) is 0 Å². The number of ether oxygens (including phenoxy) is 1. The molecule has 1 unspecified atom stereocenters. The summed E-state index contributed by atoms with van der Waals surface area (Å²) < 4.78 is 5.20. The zero-order chi connectivity index (χ0) is 15.5. The molecule has 1 aromatic carbocycles. The number of carboxylic acids is 2. The third kappa shape index (κ3) is 3.12. The molecule has 0 saturated carbocycles. The summed E-state index contributed by atoms with van der Waals surface area (Å²) in [4.78, 5) is 23.1. The molecule has 0 bridgehead atoms. The topological polar surface area (TPSA) is 104 Å². The molecule has 6 heteroatoms. The Hall–Kier alpha value is -2.18. The average Bonchev–Trinajstić information content (AvgIpc) is 2.45. The van der Waals surface area contributed by atoms with Crippen molar-refractivity contribution in [3.05, 3.63) is 41.5 Å². The number of carbonyl (C=O) groups is 2. The predicted molar refractivity (Wildman–Crippen MR) is 73.4 cm³/mol. The summed E-state index contributed by atoms with van der Waals surface area (Å²) in [5.74, 6) is -4.99. The standard InChI is InChI=1S/C15H16O6/c16-13(17)11(10-6-2-1-3-7-10)12(14(18)19)15(20)8-4-5-9-21-15/h1-3,6-7,20H,4-5,8-9H2,(H,16,17)(H,18,19)/b12-11+. The summed E-state index contributed by atoms with van der Waals surface area (Å²) in [5.41, 5.74) is -0.863. The fraction of sp³-hybridized carbons (Fsp3) is 0.333. The van der Waals surface area contributed by atoms with Gasteiger partial charge in [-0.15, -0.1) is 0 Å². The van der Waals surface area contributed by atoms with Gasteiger partial charge in [-0.3, -0.25) is 0 Å². The van der Waals surface area contributed by atoms with E-state index in [9.17, 15) is 24.9 Å². The van der Waals surface area contributed by atoms with Gasteiger partial charge in [-0.2, -0.15) is 0 Å². The summed E-state index contributed by atoms with van der Waals surface area (Å²) in [5, 5.41) is 29.3. The third-order valence-corrected chi connectivity index (χ3v) is 3.38. The number of hydrogen-bond acceptors (Lipinski definition) is 4. The van der Waals surface area contributed by atoms with Crippen LogP contribution in [-0.4, -0.2) is 39.7 Å². The van der Waals surface area contributed by atoms with Gasteiger partial charge in [0.25, 0.3) is 0 Å². The predicted octanol–water partition coefficient (Wildman–Crippen LogP) is 1.50. The van der Waals surface area contributed by atoms with Gasteiger partial charge in [-0.05, 0) is 18.4 Å². The molecule has 21 heavy (non-hydrogen) atoms. The van der Waals surface area contributed by atoms with E-state index in [4.69, 9.17) is 4.74 Å². The Morgan fingerprint density at radius 2 is 1.71 bits per heavy atom. The smallest absolute Gasteiger partial charge is 0.337 e. The Kier molecular flexibility index (Phi) is 4.40. The van der Waals surface area contributed by atoms with Crippen LogP contribution < -0.4 is 0 Å². The van der Waals surface area contributed by atoms with Crippen LogP contribution in [0.25, 0.3) is 5.57 Å². The zero-order valence-electron chi connectivity index (χ0n) is 11.3. The van der Waals surface area contributed by atoms with Crippen molar-refractivity contribution in [1.82, 2.24) is 0 Å². The molecule has 1 heterocycles. The van der Waals surface area contributed by atoms with E-state index in [2.05, 4.69) is 0 Å². The molecule has 1 saturated heterocycles. The maximum Gasteiger partial charge on any atom is 0.337 e. The van der Waals surface area contributed by atoms with Crippen LogP contribution in [-0.2, 0) is 14.3 Å². The molecule has 3 N–H and O–H groups in total. The fourth-order valence-corrected chi connectivity index (χ4v) is 2.43. The quantitative estimate of drug-likeness (QED) is 0.726. The maximum atomic E-state index is 11.6. The molecule has 112 valence electrons. The van der Waals surface area contributed by atoms with E-state index in [-0.39, 0.29) is 18.6 Å². The molecule has 6 nitrogen and oxygen atoms in total. The first-order chi connectivity index (χ1) is 9.96. The second kappa shape index (κ2) is 6.07. The van der Waals surface area contributed by atoms with Gasteiger partial charge in [-0.1, -0.05) is 30.3 Å². The van der Waals surface area contributed by atoms with Crippen molar-refractivity contribution < 1.29 is 29.6 Å². The molecule has 0 spiro atoms. The van der Waals surface area contributed by atoms with Crippen molar-refractivity contribution in [2.45, 2.75) is 25.0 Å². The van der Waals surface area contributed by atoms with Gasteiger partial charge in [0.15, 0.2) is 5.79 Å². The van der Waals surface area contributed by atoms with Crippen molar-refractivity contribution in [3.63, 3.8) is 0 Å². The van der Waals surface area contributed by atoms with Gasteiger partial charge in [-0.25, -0.2) is 9.59 Å². The van der Waals surface area contributed by atoms with Crippen LogP contribution in [0.15, 0.2) is 35.9 Å². The lowest BCUT2D eigenvalue weighted by molar-refractivity contribution is -0.201. The number of aliphatic carboxylic acids is 2. The van der Waals surface area contributed by atoms with Crippen molar-refractivity contribution in [2.75, 3.05) is 6.61 Å². The molecule has 0 aliphatic carbocycles. The van der Waals surface area contributed by atoms with E-state index in [1.807, 2.05) is 0 Å². The SMILES string of the molecule is O=C(O)/C(=C(\C(=O)O)C1(O)CCCCO1)c1ccccc1. The van der Waals surface area contributed by atoms with Crippen LogP contribution in [0, 0.1) is 0 Å². The van der Waals surface area contributed by atoms with Gasteiger partial charge in [0.05, 0.1) is 12.2 Å². The van der Waals surface area contributed by atoms with Gasteiger partial charge in [0, 0.05) is 6.42 Å². The second-order valence-electron chi connectivity index (χ2n) is 4.82. The highest BCUT2D eigenvalue weighted by atomic mass is 16.6. The van der Waals surface area contributed by atoms with Gasteiger partial charge < -0.3 is 20.1 Å². The van der Waals surface area contributed by atoms with Crippen molar-refractivity contribution in [2.24, 2.45) is 0 Å². The molecule has 0 amide bonds. The molecular weight excluding hydrogens is 276 g/mol. The normalized spacial score (nSPS) is 23.3. The molecule has 2 rings (SSSR count). The molecule has 1 aromatic rings. The summed E-state index contributed by atoms with van der Waals surface area (Å²) in [7, 11) is 0. The molecule has 0 aromatic heterocycles. The number of aliphatic hydroxyl groups is 1. The number of benzene rings is 1. The van der Waals surface area contributed by atoms with Crippen LogP contribution in [0.1, 0.15) is 24.8 Å². The second-order valence-corrected chi connectivity index (χ2v) is 4.82. The highest BCUT2D eigenvalue weighted by Gasteiger charge is 2.42. The molecule has 0 radical (unpaired) electrons. The van der Waals surface area contributed by atoms with E-state index < -0.39 is 28.9 Å². The Labute approximate surface area is 121 Å². The molecule has 1 aliphatic rings. The van der Waals surface area contributed by atoms with Gasteiger partial charge >= 0.3 is 11.9 Å². The monoisotopic (exact) mass is 292 g/mol. The first-order valence-corrected chi connectivity index (χ1v) is 6.59. The van der Waals surface area contributed by atoms with Crippen molar-refractivity contribution in [3.8, 4) is 0 Å². The van der Waals surface area contributed by atoms with E-state index in [0.29, 0.717) is 12.8 Å². The van der Waals surface area contributed by atoms with Crippen LogP contribution in [0.5, 0.6) is 0 Å². The largest absolute Gasteiger partial charge is 0.478 e. The van der Waals surface area contributed by atoms with E-state index in [1.54, 1.807) is 18.2 Å². The van der Waals surface area contributed by atoms with Crippen LogP contribution in [0.4, 0.5) is 0 Å². The molecule has 1 aliphatic heterocycles. The van der Waals surface area contributed by atoms with E-state index >= 15 is 0 Å². The minimum absolute atomic E-state index is 0.0538. The lowest BCUT2D eigenvalue weighted by atomic mass is 9.90. The maximum absolute atomic E-state index is 11.6. The Bertz CT molecular complexity index is 569. The first kappa shape index (κ1) is 15.2. The highest BCUT2D eigenvalue weighted by Crippen LogP contribution is 2.34. The molecular formula is C15H16O6. The zero-order valence-corrected chi connectivity index (χ0v) is 11.3. The minimum atomic E-state index is -2.08. The Morgan fingerprint density at radius 3 is 2.19 bits per heavy atom. The van der Waals surface area contributed by atoms with Crippen molar-refractivity contribution in [1.29, 1.82) is 0 Å². The minimum Gasteiger partial charge on any atom is -0.478 e. The lowest BCUT2D eigenvalue weighted by Crippen LogP contribution is -2.42. The summed E-state index contributed by atoms with van der Waals surface area (Å²) in [6, 6.07) is 7.86. The molecule has 1 atom stereocenters. The Balaban J connectivity index is 2.64. The van der Waals surface area contributed by atoms with Crippen LogP contribution in [0.2, 0.25) is 0 Å². The van der Waals surface area contributed by atoms with E-state index in [0.717, 1.165) is 0 Å². The van der Waals surface area contributed by atoms with Gasteiger partial charge in [0.1, 0.15) is 5.57 Å². The van der Waals surface area contributed by atoms with Crippen LogP contribution >= 0.6 is 0 Å². The van der Waals surface area contributed by atoms with Crippen molar-refractivity contribution >= 4 is 17.5 Å². The van der Waals surface area contributed by atoms with Crippen LogP contribution in [0.3, 0.4) is 0 Å². The summed E-state index contributed by atoms with van der Waals surface area (Å²) >= 11 is 0. The Morgan fingerprint density at radius 1 is 1.05 bits per heavy atom. The molecule has 1 fully saturated rings. The van der Waals surface area contributed by atoms with E-state index in [1.165, 1.54) is 12.1 Å². The average molecular weight is 292 g/mol. The first-order valence-electron chi connectivity index (χ1n) is 6.59. The lowest BCUT2D eigenvalue weighted by Gasteiger charge is -2.33.